The van der Waals surface area contributed by atoms with Gasteiger partial charge in [-0.3, -0.25) is 0 Å². The molecule has 1 unspecified atom stereocenters. The van der Waals surface area contributed by atoms with Gasteiger partial charge in [0, 0.05) is 11.1 Å². The van der Waals surface area contributed by atoms with Gasteiger partial charge >= 0.3 is 0 Å². The third-order valence-electron chi connectivity index (χ3n) is 3.69. The van der Waals surface area contributed by atoms with Crippen molar-refractivity contribution in [1.29, 1.82) is 5.26 Å². The molecule has 24 heavy (non-hydrogen) atoms. The molecular formula is C18H12N6. The molecule has 0 aliphatic carbocycles. The van der Waals surface area contributed by atoms with E-state index >= 15 is 0 Å². The number of nitrogens with zero attached hydrogens (tertiary/aromatic N) is 6. The van der Waals surface area contributed by atoms with Crippen molar-refractivity contribution in [1.82, 2.24) is 5.01 Å². The Bertz CT molecular complexity index is 919. The van der Waals surface area contributed by atoms with Gasteiger partial charge < -0.3 is 0 Å². The highest BCUT2D eigenvalue weighted by Crippen LogP contribution is 2.19. The molecule has 0 saturated carbocycles. The van der Waals surface area contributed by atoms with Crippen molar-refractivity contribution < 1.29 is 0 Å². The molecule has 4 rings (SSSR count). The van der Waals surface area contributed by atoms with Gasteiger partial charge in [-0.05, 0) is 0 Å². The lowest BCUT2D eigenvalue weighted by molar-refractivity contribution is 0.440. The molecule has 2 aliphatic rings. The van der Waals surface area contributed by atoms with Crippen LogP contribution >= 0.6 is 0 Å². The Morgan fingerprint density at radius 3 is 2.12 bits per heavy atom. The summed E-state index contributed by atoms with van der Waals surface area (Å²) >= 11 is 0. The molecule has 6 heteroatoms. The van der Waals surface area contributed by atoms with Gasteiger partial charge in [-0.25, -0.2) is 10.0 Å². The van der Waals surface area contributed by atoms with Crippen LogP contribution in [0.25, 0.3) is 0 Å². The van der Waals surface area contributed by atoms with Gasteiger partial charge in [-0.15, -0.1) is 5.10 Å². The SMILES string of the molecule is N#CC1C=NN=C2N=C(c3ccccc3)C(c3ccccc3)=NN21. The first kappa shape index (κ1) is 14.0. The molecule has 0 radical (unpaired) electrons. The molecule has 0 bridgehead atoms. The maximum Gasteiger partial charge on any atom is 0.268 e. The van der Waals surface area contributed by atoms with Gasteiger partial charge in [0.05, 0.1) is 12.3 Å². The number of rotatable bonds is 2. The fourth-order valence-electron chi connectivity index (χ4n) is 2.55. The molecule has 114 valence electrons. The fourth-order valence-corrected chi connectivity index (χ4v) is 2.55. The number of hydrazone groups is 1. The first-order valence-electron chi connectivity index (χ1n) is 7.45. The Labute approximate surface area is 138 Å². The Hall–Kier alpha value is -3.59. The van der Waals surface area contributed by atoms with Crippen molar-refractivity contribution in [2.45, 2.75) is 6.04 Å². The van der Waals surface area contributed by atoms with Crippen LogP contribution in [0, 0.1) is 11.3 Å². The maximum absolute atomic E-state index is 9.31. The number of aliphatic imine (C=N–C) groups is 1. The number of nitriles is 1. The zero-order chi connectivity index (χ0) is 16.4. The minimum Gasteiger partial charge on any atom is -0.208 e. The summed E-state index contributed by atoms with van der Waals surface area (Å²) in [6, 6.07) is 21.1. The normalized spacial score (nSPS) is 18.9. The van der Waals surface area contributed by atoms with Gasteiger partial charge in [-0.1, -0.05) is 60.7 Å². The lowest BCUT2D eigenvalue weighted by atomic mass is 9.99. The zero-order valence-electron chi connectivity index (χ0n) is 12.6. The molecule has 2 aromatic carbocycles. The minimum absolute atomic E-state index is 0.322. The molecule has 0 fully saturated rings. The largest absolute Gasteiger partial charge is 0.268 e. The lowest BCUT2D eigenvalue weighted by Gasteiger charge is -2.28. The molecule has 2 aliphatic heterocycles. The molecule has 1 atom stereocenters. The van der Waals surface area contributed by atoms with Crippen LogP contribution in [0.1, 0.15) is 11.1 Å². The number of benzene rings is 2. The second kappa shape index (κ2) is 5.89. The summed E-state index contributed by atoms with van der Waals surface area (Å²) in [5.74, 6) is 0.322. The average Bonchev–Trinajstić information content (AvgIpc) is 2.68. The third kappa shape index (κ3) is 2.38. The van der Waals surface area contributed by atoms with Gasteiger partial charge in [0.2, 0.25) is 0 Å². The smallest absolute Gasteiger partial charge is 0.208 e. The predicted molar refractivity (Wildman–Crippen MR) is 93.1 cm³/mol. The van der Waals surface area contributed by atoms with Crippen LogP contribution in [0.15, 0.2) is 81.0 Å². The van der Waals surface area contributed by atoms with Gasteiger partial charge in [0.15, 0.2) is 6.04 Å². The van der Waals surface area contributed by atoms with Crippen LogP contribution < -0.4 is 0 Å². The van der Waals surface area contributed by atoms with E-state index in [1.165, 1.54) is 11.2 Å². The van der Waals surface area contributed by atoms with Crippen LogP contribution in [0.4, 0.5) is 0 Å². The molecule has 0 aromatic heterocycles. The lowest BCUT2D eigenvalue weighted by Crippen LogP contribution is -2.43. The highest BCUT2D eigenvalue weighted by Gasteiger charge is 2.30. The Morgan fingerprint density at radius 2 is 1.50 bits per heavy atom. The van der Waals surface area contributed by atoms with E-state index in [9.17, 15) is 5.26 Å². The van der Waals surface area contributed by atoms with Crippen molar-refractivity contribution >= 4 is 23.6 Å². The van der Waals surface area contributed by atoms with E-state index in [1.54, 1.807) is 0 Å². The molecule has 0 amide bonds. The summed E-state index contributed by atoms with van der Waals surface area (Å²) in [5, 5.41) is 23.4. The summed E-state index contributed by atoms with van der Waals surface area (Å²) in [7, 11) is 0. The van der Waals surface area contributed by atoms with Crippen LogP contribution in [-0.2, 0) is 0 Å². The molecule has 2 aromatic rings. The van der Waals surface area contributed by atoms with Crippen LogP contribution in [0.3, 0.4) is 0 Å². The molecule has 0 saturated heterocycles. The van der Waals surface area contributed by atoms with E-state index in [0.29, 0.717) is 17.4 Å². The second-order valence-electron chi connectivity index (χ2n) is 5.22. The Morgan fingerprint density at radius 1 is 0.875 bits per heavy atom. The Balaban J connectivity index is 1.89. The van der Waals surface area contributed by atoms with Crippen molar-refractivity contribution in [2.75, 3.05) is 0 Å². The van der Waals surface area contributed by atoms with Crippen molar-refractivity contribution in [3.05, 3.63) is 71.8 Å². The van der Waals surface area contributed by atoms with Gasteiger partial charge in [0.25, 0.3) is 5.96 Å². The van der Waals surface area contributed by atoms with Crippen LogP contribution in [0.5, 0.6) is 0 Å². The highest BCUT2D eigenvalue weighted by molar-refractivity contribution is 6.55. The molecule has 0 spiro atoms. The van der Waals surface area contributed by atoms with Crippen molar-refractivity contribution in [3.63, 3.8) is 0 Å². The second-order valence-corrected chi connectivity index (χ2v) is 5.22. The van der Waals surface area contributed by atoms with Gasteiger partial charge in [-0.2, -0.15) is 15.5 Å². The van der Waals surface area contributed by atoms with E-state index in [1.807, 2.05) is 60.7 Å². The molecule has 2 heterocycles. The Kier molecular flexibility index (Phi) is 3.45. The first-order chi connectivity index (χ1) is 11.9. The van der Waals surface area contributed by atoms with E-state index in [0.717, 1.165) is 11.1 Å². The third-order valence-corrected chi connectivity index (χ3v) is 3.69. The molecular weight excluding hydrogens is 300 g/mol. The number of guanidine groups is 1. The molecule has 0 N–H and O–H groups in total. The first-order valence-corrected chi connectivity index (χ1v) is 7.45. The van der Waals surface area contributed by atoms with Crippen molar-refractivity contribution in [2.24, 2.45) is 20.3 Å². The maximum atomic E-state index is 9.31. The standard InChI is InChI=1S/C18H12N6/c19-11-15-12-20-22-18-21-16(13-7-3-1-4-8-13)17(23-24(15)18)14-9-5-2-6-10-14/h1-10,12,15H. The summed E-state index contributed by atoms with van der Waals surface area (Å²) < 4.78 is 0. The monoisotopic (exact) mass is 312 g/mol. The minimum atomic E-state index is -0.614. The van der Waals surface area contributed by atoms with Crippen molar-refractivity contribution in [3.8, 4) is 6.07 Å². The van der Waals surface area contributed by atoms with E-state index in [-0.39, 0.29) is 0 Å². The molecule has 6 nitrogen and oxygen atoms in total. The highest BCUT2D eigenvalue weighted by atomic mass is 15.6. The van der Waals surface area contributed by atoms with E-state index in [2.05, 4.69) is 26.4 Å². The summed E-state index contributed by atoms with van der Waals surface area (Å²) in [4.78, 5) is 4.63. The van der Waals surface area contributed by atoms with Crippen LogP contribution in [0.2, 0.25) is 0 Å². The predicted octanol–water partition coefficient (Wildman–Crippen LogP) is 2.44. The van der Waals surface area contributed by atoms with E-state index < -0.39 is 6.04 Å². The summed E-state index contributed by atoms with van der Waals surface area (Å²) in [6.45, 7) is 0. The summed E-state index contributed by atoms with van der Waals surface area (Å²) in [6.07, 6.45) is 1.46. The van der Waals surface area contributed by atoms with E-state index in [4.69, 9.17) is 0 Å². The average molecular weight is 312 g/mol. The topological polar surface area (TPSA) is 76.5 Å². The quantitative estimate of drug-likeness (QED) is 0.854. The number of hydrogen-bond acceptors (Lipinski definition) is 6. The summed E-state index contributed by atoms with van der Waals surface area (Å²) in [5.41, 5.74) is 3.28. The number of fused-ring (bicyclic) bond motifs is 1. The fraction of sp³-hybridized carbons (Fsp3) is 0.0556. The zero-order valence-corrected chi connectivity index (χ0v) is 12.6. The van der Waals surface area contributed by atoms with Gasteiger partial charge in [0.1, 0.15) is 11.4 Å². The number of hydrogen-bond donors (Lipinski definition) is 0. The van der Waals surface area contributed by atoms with Crippen LogP contribution in [-0.4, -0.2) is 34.6 Å².